The molecule has 0 saturated heterocycles. The number of halogens is 1. The van der Waals surface area contributed by atoms with E-state index < -0.39 is 0 Å². The Balaban J connectivity index is 2.57. The molecule has 1 aromatic carbocycles. The minimum Gasteiger partial charge on any atom is -0.399 e. The minimum absolute atomic E-state index is 0.0457. The third kappa shape index (κ3) is 2.57. The SMILES string of the molecule is CCC(CC)(CC)n1nnnc1-c1cc(N)cc(Br)c1. The quantitative estimate of drug-likeness (QED) is 0.846. The second-order valence-corrected chi connectivity index (χ2v) is 5.89. The van der Waals surface area contributed by atoms with E-state index in [1.165, 1.54) is 0 Å². The molecule has 0 unspecified atom stereocenters. The number of hydrogen-bond acceptors (Lipinski definition) is 4. The van der Waals surface area contributed by atoms with Gasteiger partial charge in [0.25, 0.3) is 0 Å². The van der Waals surface area contributed by atoms with E-state index in [-0.39, 0.29) is 5.54 Å². The Hall–Kier alpha value is -1.43. The molecule has 108 valence electrons. The van der Waals surface area contributed by atoms with E-state index in [1.807, 2.05) is 22.9 Å². The normalized spacial score (nSPS) is 11.8. The molecule has 0 aliphatic rings. The van der Waals surface area contributed by atoms with Crippen molar-refractivity contribution in [2.75, 3.05) is 5.73 Å². The summed E-state index contributed by atoms with van der Waals surface area (Å²) in [6.45, 7) is 6.52. The Labute approximate surface area is 127 Å². The van der Waals surface area contributed by atoms with E-state index in [0.717, 1.165) is 35.1 Å². The van der Waals surface area contributed by atoms with Crippen molar-refractivity contribution in [3.63, 3.8) is 0 Å². The molecule has 0 radical (unpaired) electrons. The second-order valence-electron chi connectivity index (χ2n) is 4.97. The third-order valence-corrected chi connectivity index (χ3v) is 4.53. The van der Waals surface area contributed by atoms with E-state index in [1.54, 1.807) is 0 Å². The van der Waals surface area contributed by atoms with Crippen molar-refractivity contribution in [3.05, 3.63) is 22.7 Å². The Morgan fingerprint density at radius 3 is 2.35 bits per heavy atom. The summed E-state index contributed by atoms with van der Waals surface area (Å²) in [6, 6.07) is 5.76. The van der Waals surface area contributed by atoms with Gasteiger partial charge in [0.1, 0.15) is 0 Å². The number of nitrogens with zero attached hydrogens (tertiary/aromatic N) is 4. The lowest BCUT2D eigenvalue weighted by Gasteiger charge is -2.31. The standard InChI is InChI=1S/C14H20BrN5/c1-4-14(5-2,6-3)20-13(17-18-19-20)10-7-11(15)9-12(16)8-10/h7-9H,4-6,16H2,1-3H3. The number of tetrazole rings is 1. The first-order valence-corrected chi connectivity index (χ1v) is 7.71. The number of nitrogens with two attached hydrogens (primary N) is 1. The van der Waals surface area contributed by atoms with Crippen LogP contribution in [0.2, 0.25) is 0 Å². The second kappa shape index (κ2) is 5.91. The first-order valence-electron chi connectivity index (χ1n) is 6.91. The highest BCUT2D eigenvalue weighted by molar-refractivity contribution is 9.10. The van der Waals surface area contributed by atoms with Gasteiger partial charge in [-0.15, -0.1) is 5.10 Å². The predicted molar refractivity (Wildman–Crippen MR) is 84.2 cm³/mol. The van der Waals surface area contributed by atoms with Crippen molar-refractivity contribution in [1.82, 2.24) is 20.2 Å². The predicted octanol–water partition coefficient (Wildman–Crippen LogP) is 3.61. The topological polar surface area (TPSA) is 69.6 Å². The summed E-state index contributed by atoms with van der Waals surface area (Å²) < 4.78 is 2.88. The highest BCUT2D eigenvalue weighted by Gasteiger charge is 2.30. The Bertz CT molecular complexity index is 560. The fourth-order valence-corrected chi connectivity index (χ4v) is 3.14. The average Bonchev–Trinajstić information content (AvgIpc) is 2.90. The number of benzene rings is 1. The molecule has 0 aliphatic carbocycles. The maximum Gasteiger partial charge on any atom is 0.182 e. The van der Waals surface area contributed by atoms with E-state index >= 15 is 0 Å². The molecule has 2 aromatic rings. The zero-order chi connectivity index (χ0) is 14.8. The van der Waals surface area contributed by atoms with Gasteiger partial charge < -0.3 is 5.73 Å². The molecule has 0 bridgehead atoms. The lowest BCUT2D eigenvalue weighted by atomic mass is 9.89. The summed E-state index contributed by atoms with van der Waals surface area (Å²) in [5.41, 5.74) is 7.49. The Morgan fingerprint density at radius 2 is 1.80 bits per heavy atom. The van der Waals surface area contributed by atoms with Gasteiger partial charge in [-0.1, -0.05) is 36.7 Å². The summed E-state index contributed by atoms with van der Waals surface area (Å²) >= 11 is 3.47. The summed E-state index contributed by atoms with van der Waals surface area (Å²) in [7, 11) is 0. The van der Waals surface area contributed by atoms with Crippen LogP contribution in [0, 0.1) is 0 Å². The molecule has 20 heavy (non-hydrogen) atoms. The Morgan fingerprint density at radius 1 is 1.15 bits per heavy atom. The van der Waals surface area contributed by atoms with Gasteiger partial charge >= 0.3 is 0 Å². The largest absolute Gasteiger partial charge is 0.399 e. The molecule has 0 spiro atoms. The molecule has 0 fully saturated rings. The summed E-state index contributed by atoms with van der Waals surface area (Å²) in [5.74, 6) is 0.767. The minimum atomic E-state index is -0.0457. The molecular formula is C14H20BrN5. The molecule has 0 atom stereocenters. The van der Waals surface area contributed by atoms with Gasteiger partial charge in [0, 0.05) is 15.7 Å². The van der Waals surface area contributed by atoms with Crippen molar-refractivity contribution < 1.29 is 0 Å². The van der Waals surface area contributed by atoms with Crippen LogP contribution in [0.4, 0.5) is 5.69 Å². The fourth-order valence-electron chi connectivity index (χ4n) is 2.63. The molecule has 6 heteroatoms. The van der Waals surface area contributed by atoms with Crippen LogP contribution in [0.25, 0.3) is 11.4 Å². The van der Waals surface area contributed by atoms with Crippen molar-refractivity contribution in [1.29, 1.82) is 0 Å². The van der Waals surface area contributed by atoms with Gasteiger partial charge in [-0.2, -0.15) is 0 Å². The number of hydrogen-bond donors (Lipinski definition) is 1. The van der Waals surface area contributed by atoms with Gasteiger partial charge in [-0.05, 0) is 47.9 Å². The summed E-state index contributed by atoms with van der Waals surface area (Å²) in [5, 5.41) is 12.3. The van der Waals surface area contributed by atoms with Crippen LogP contribution in [0.3, 0.4) is 0 Å². The highest BCUT2D eigenvalue weighted by atomic mass is 79.9. The number of anilines is 1. The smallest absolute Gasteiger partial charge is 0.182 e. The van der Waals surface area contributed by atoms with Crippen LogP contribution in [0.5, 0.6) is 0 Å². The lowest BCUT2D eigenvalue weighted by molar-refractivity contribution is 0.223. The van der Waals surface area contributed by atoms with Crippen LogP contribution in [-0.4, -0.2) is 20.2 Å². The molecule has 0 saturated carbocycles. The molecule has 0 aliphatic heterocycles. The van der Waals surface area contributed by atoms with Crippen LogP contribution >= 0.6 is 15.9 Å². The van der Waals surface area contributed by atoms with Gasteiger partial charge in [0.2, 0.25) is 0 Å². The lowest BCUT2D eigenvalue weighted by Crippen LogP contribution is -2.33. The first kappa shape index (κ1) is 15.0. The molecule has 2 N–H and O–H groups in total. The number of aromatic nitrogens is 4. The van der Waals surface area contributed by atoms with Gasteiger partial charge in [0.05, 0.1) is 5.54 Å². The molecule has 0 amide bonds. The fraction of sp³-hybridized carbons (Fsp3) is 0.500. The zero-order valence-corrected chi connectivity index (χ0v) is 13.7. The Kier molecular flexibility index (Phi) is 4.42. The summed E-state index contributed by atoms with van der Waals surface area (Å²) in [4.78, 5) is 0. The maximum atomic E-state index is 5.91. The van der Waals surface area contributed by atoms with Crippen LogP contribution in [0.15, 0.2) is 22.7 Å². The molecule has 2 rings (SSSR count). The van der Waals surface area contributed by atoms with Crippen molar-refractivity contribution in [3.8, 4) is 11.4 Å². The van der Waals surface area contributed by atoms with E-state index in [2.05, 4.69) is 52.2 Å². The molecule has 1 aromatic heterocycles. The van der Waals surface area contributed by atoms with Gasteiger partial charge in [-0.25, -0.2) is 4.68 Å². The number of rotatable bonds is 5. The number of nitrogen functional groups attached to an aromatic ring is 1. The van der Waals surface area contributed by atoms with E-state index in [0.29, 0.717) is 5.69 Å². The monoisotopic (exact) mass is 337 g/mol. The summed E-state index contributed by atoms with van der Waals surface area (Å²) in [6.07, 6.45) is 2.96. The zero-order valence-electron chi connectivity index (χ0n) is 12.1. The van der Waals surface area contributed by atoms with Gasteiger partial charge in [0.15, 0.2) is 5.82 Å². The van der Waals surface area contributed by atoms with E-state index in [9.17, 15) is 0 Å². The van der Waals surface area contributed by atoms with Crippen molar-refractivity contribution in [2.24, 2.45) is 0 Å². The highest BCUT2D eigenvalue weighted by Crippen LogP contribution is 2.33. The average molecular weight is 338 g/mol. The van der Waals surface area contributed by atoms with Gasteiger partial charge in [-0.3, -0.25) is 0 Å². The van der Waals surface area contributed by atoms with Crippen molar-refractivity contribution >= 4 is 21.6 Å². The van der Waals surface area contributed by atoms with Crippen LogP contribution in [-0.2, 0) is 5.54 Å². The third-order valence-electron chi connectivity index (χ3n) is 4.07. The van der Waals surface area contributed by atoms with Crippen LogP contribution < -0.4 is 5.73 Å². The maximum absolute atomic E-state index is 5.91. The van der Waals surface area contributed by atoms with Crippen LogP contribution in [0.1, 0.15) is 40.0 Å². The van der Waals surface area contributed by atoms with Crippen molar-refractivity contribution in [2.45, 2.75) is 45.6 Å². The molecule has 5 nitrogen and oxygen atoms in total. The molecule has 1 heterocycles. The molecular weight excluding hydrogens is 318 g/mol. The van der Waals surface area contributed by atoms with E-state index in [4.69, 9.17) is 5.73 Å². The first-order chi connectivity index (χ1) is 9.56.